The summed E-state index contributed by atoms with van der Waals surface area (Å²) >= 11 is 0. The van der Waals surface area contributed by atoms with Gasteiger partial charge in [-0.15, -0.1) is 0 Å². The van der Waals surface area contributed by atoms with Gasteiger partial charge in [-0.25, -0.2) is 0 Å². The fraction of sp³-hybridized carbons (Fsp3) is 1.00. The van der Waals surface area contributed by atoms with Gasteiger partial charge in [-0.2, -0.15) is 0 Å². The standard InChI is InChI=1S/C15H28N2O/c1-14(18,13-3-2-6-17-9-13)15(10-16)8-11-4-5-12(15)7-11/h11-13,17-18H,2-10,16H2,1H3. The fourth-order valence-electron chi connectivity index (χ4n) is 5.26. The molecule has 2 saturated carbocycles. The molecule has 2 aliphatic carbocycles. The van der Waals surface area contributed by atoms with Crippen molar-refractivity contribution < 1.29 is 5.11 Å². The number of hydrogen-bond donors (Lipinski definition) is 3. The Bertz CT molecular complexity index is 312. The van der Waals surface area contributed by atoms with Crippen LogP contribution in [0.4, 0.5) is 0 Å². The van der Waals surface area contributed by atoms with Crippen molar-refractivity contribution in [2.24, 2.45) is 28.9 Å². The number of nitrogens with two attached hydrogens (primary N) is 1. The molecule has 5 atom stereocenters. The van der Waals surface area contributed by atoms with E-state index in [0.29, 0.717) is 18.4 Å². The first-order chi connectivity index (χ1) is 8.60. The van der Waals surface area contributed by atoms with Crippen LogP contribution in [0.1, 0.15) is 45.4 Å². The minimum Gasteiger partial charge on any atom is -0.389 e. The largest absolute Gasteiger partial charge is 0.389 e. The lowest BCUT2D eigenvalue weighted by molar-refractivity contribution is -0.138. The Hall–Kier alpha value is -0.120. The summed E-state index contributed by atoms with van der Waals surface area (Å²) in [5.74, 6) is 1.89. The molecular formula is C15H28N2O. The second kappa shape index (κ2) is 4.46. The molecule has 3 fully saturated rings. The van der Waals surface area contributed by atoms with Crippen LogP contribution < -0.4 is 11.1 Å². The van der Waals surface area contributed by atoms with Crippen molar-refractivity contribution in [3.63, 3.8) is 0 Å². The molecule has 0 spiro atoms. The Morgan fingerprint density at radius 2 is 2.22 bits per heavy atom. The van der Waals surface area contributed by atoms with Crippen molar-refractivity contribution >= 4 is 0 Å². The Morgan fingerprint density at radius 1 is 1.39 bits per heavy atom. The smallest absolute Gasteiger partial charge is 0.0730 e. The number of rotatable bonds is 3. The zero-order valence-corrected chi connectivity index (χ0v) is 11.6. The third-order valence-corrected chi connectivity index (χ3v) is 6.44. The van der Waals surface area contributed by atoms with Crippen LogP contribution >= 0.6 is 0 Å². The molecule has 3 aliphatic rings. The van der Waals surface area contributed by atoms with Gasteiger partial charge in [0.15, 0.2) is 0 Å². The van der Waals surface area contributed by atoms with Gasteiger partial charge in [-0.3, -0.25) is 0 Å². The zero-order valence-electron chi connectivity index (χ0n) is 11.6. The van der Waals surface area contributed by atoms with E-state index >= 15 is 0 Å². The molecular weight excluding hydrogens is 224 g/mol. The second-order valence-corrected chi connectivity index (χ2v) is 7.13. The van der Waals surface area contributed by atoms with E-state index in [1.54, 1.807) is 0 Å². The van der Waals surface area contributed by atoms with Crippen molar-refractivity contribution in [1.82, 2.24) is 5.32 Å². The molecule has 0 amide bonds. The highest BCUT2D eigenvalue weighted by molar-refractivity contribution is 5.11. The average molecular weight is 252 g/mol. The summed E-state index contributed by atoms with van der Waals surface area (Å²) in [6.45, 7) is 4.82. The SMILES string of the molecule is CC(O)(C1CCCNC1)C1(CN)CC2CCC1C2. The van der Waals surface area contributed by atoms with Crippen molar-refractivity contribution in [2.75, 3.05) is 19.6 Å². The van der Waals surface area contributed by atoms with Crippen LogP contribution in [0, 0.1) is 23.2 Å². The summed E-state index contributed by atoms with van der Waals surface area (Å²) in [5, 5.41) is 14.7. The molecule has 1 saturated heterocycles. The van der Waals surface area contributed by atoms with Crippen LogP contribution in [-0.4, -0.2) is 30.3 Å². The number of aliphatic hydroxyl groups is 1. The summed E-state index contributed by atoms with van der Waals surface area (Å²) in [6.07, 6.45) is 7.48. The zero-order chi connectivity index (χ0) is 12.8. The van der Waals surface area contributed by atoms with Crippen molar-refractivity contribution in [2.45, 2.75) is 51.0 Å². The highest BCUT2D eigenvalue weighted by Gasteiger charge is 2.60. The van der Waals surface area contributed by atoms with Crippen LogP contribution in [0.3, 0.4) is 0 Å². The third kappa shape index (κ3) is 1.67. The maximum absolute atomic E-state index is 11.3. The fourth-order valence-corrected chi connectivity index (χ4v) is 5.26. The van der Waals surface area contributed by atoms with Gasteiger partial charge in [-0.05, 0) is 57.4 Å². The van der Waals surface area contributed by atoms with Crippen LogP contribution in [0.5, 0.6) is 0 Å². The molecule has 18 heavy (non-hydrogen) atoms. The van der Waals surface area contributed by atoms with Gasteiger partial charge in [-0.1, -0.05) is 6.42 Å². The van der Waals surface area contributed by atoms with E-state index in [4.69, 9.17) is 5.73 Å². The van der Waals surface area contributed by atoms with E-state index in [9.17, 15) is 5.11 Å². The lowest BCUT2D eigenvalue weighted by atomic mass is 9.58. The summed E-state index contributed by atoms with van der Waals surface area (Å²) in [4.78, 5) is 0. The minimum atomic E-state index is -0.588. The number of nitrogens with one attached hydrogen (secondary N) is 1. The van der Waals surface area contributed by atoms with Gasteiger partial charge in [0.1, 0.15) is 0 Å². The lowest BCUT2D eigenvalue weighted by Gasteiger charge is -2.52. The number of hydrogen-bond acceptors (Lipinski definition) is 3. The molecule has 1 heterocycles. The van der Waals surface area contributed by atoms with Crippen LogP contribution in [-0.2, 0) is 0 Å². The van der Waals surface area contributed by atoms with Crippen LogP contribution in [0.25, 0.3) is 0 Å². The maximum atomic E-state index is 11.3. The van der Waals surface area contributed by atoms with Gasteiger partial charge in [0.25, 0.3) is 0 Å². The van der Waals surface area contributed by atoms with Gasteiger partial charge >= 0.3 is 0 Å². The first-order valence-electron chi connectivity index (χ1n) is 7.73. The van der Waals surface area contributed by atoms with Crippen LogP contribution in [0.15, 0.2) is 0 Å². The molecule has 3 heteroatoms. The highest BCUT2D eigenvalue weighted by Crippen LogP contribution is 2.61. The monoisotopic (exact) mass is 252 g/mol. The molecule has 0 aromatic carbocycles. The third-order valence-electron chi connectivity index (χ3n) is 6.44. The van der Waals surface area contributed by atoms with E-state index in [2.05, 4.69) is 12.2 Å². The van der Waals surface area contributed by atoms with Crippen molar-refractivity contribution in [1.29, 1.82) is 0 Å². The van der Waals surface area contributed by atoms with Gasteiger partial charge < -0.3 is 16.2 Å². The molecule has 0 radical (unpaired) electrons. The minimum absolute atomic E-state index is 0.000394. The van der Waals surface area contributed by atoms with Crippen molar-refractivity contribution in [3.05, 3.63) is 0 Å². The molecule has 2 bridgehead atoms. The Balaban J connectivity index is 1.85. The summed E-state index contributed by atoms with van der Waals surface area (Å²) in [7, 11) is 0. The normalized spacial score (nSPS) is 47.2. The van der Waals surface area contributed by atoms with Crippen molar-refractivity contribution in [3.8, 4) is 0 Å². The molecule has 0 aromatic heterocycles. The Labute approximate surface area is 111 Å². The summed E-state index contributed by atoms with van der Waals surface area (Å²) in [6, 6.07) is 0. The van der Waals surface area contributed by atoms with Gasteiger partial charge in [0.2, 0.25) is 0 Å². The quantitative estimate of drug-likeness (QED) is 0.713. The maximum Gasteiger partial charge on any atom is 0.0730 e. The predicted molar refractivity (Wildman–Crippen MR) is 73.2 cm³/mol. The van der Waals surface area contributed by atoms with Gasteiger partial charge in [0, 0.05) is 24.4 Å². The molecule has 3 rings (SSSR count). The summed E-state index contributed by atoms with van der Waals surface area (Å²) in [5.41, 5.74) is 5.58. The second-order valence-electron chi connectivity index (χ2n) is 7.13. The number of piperidine rings is 1. The average Bonchev–Trinajstić information content (AvgIpc) is 3.00. The molecule has 3 nitrogen and oxygen atoms in total. The number of fused-ring (bicyclic) bond motifs is 2. The first kappa shape index (κ1) is 12.9. The first-order valence-corrected chi connectivity index (χ1v) is 7.73. The van der Waals surface area contributed by atoms with Crippen LogP contribution in [0.2, 0.25) is 0 Å². The molecule has 4 N–H and O–H groups in total. The molecule has 5 unspecified atom stereocenters. The molecule has 104 valence electrons. The Morgan fingerprint density at radius 3 is 2.72 bits per heavy atom. The van der Waals surface area contributed by atoms with E-state index in [1.165, 1.54) is 25.7 Å². The van der Waals surface area contributed by atoms with E-state index < -0.39 is 5.60 Å². The molecule has 0 aromatic rings. The van der Waals surface area contributed by atoms with E-state index in [0.717, 1.165) is 31.8 Å². The molecule has 1 aliphatic heterocycles. The highest BCUT2D eigenvalue weighted by atomic mass is 16.3. The van der Waals surface area contributed by atoms with E-state index in [-0.39, 0.29) is 5.41 Å². The predicted octanol–water partition coefficient (Wildman–Crippen LogP) is 1.50. The Kier molecular flexibility index (Phi) is 3.20. The van der Waals surface area contributed by atoms with Gasteiger partial charge in [0.05, 0.1) is 5.60 Å². The van der Waals surface area contributed by atoms with E-state index in [1.807, 2.05) is 0 Å². The lowest BCUT2D eigenvalue weighted by Crippen LogP contribution is -2.60. The summed E-state index contributed by atoms with van der Waals surface area (Å²) < 4.78 is 0. The topological polar surface area (TPSA) is 58.3 Å².